The van der Waals surface area contributed by atoms with Gasteiger partial charge < -0.3 is 14.3 Å². The average Bonchev–Trinajstić information content (AvgIpc) is 3.27. The van der Waals surface area contributed by atoms with E-state index < -0.39 is 16.5 Å². The fourth-order valence-electron chi connectivity index (χ4n) is 3.09. The molecule has 4 aromatic rings. The molecule has 1 amide bonds. The van der Waals surface area contributed by atoms with E-state index in [1.54, 1.807) is 19.4 Å². The van der Waals surface area contributed by atoms with Crippen LogP contribution in [0.4, 0.5) is 5.69 Å². The van der Waals surface area contributed by atoms with Crippen LogP contribution in [0.15, 0.2) is 76.5 Å². The van der Waals surface area contributed by atoms with Gasteiger partial charge in [0.25, 0.3) is 11.6 Å². The van der Waals surface area contributed by atoms with Crippen molar-refractivity contribution >= 4 is 22.6 Å². The molecule has 150 valence electrons. The van der Waals surface area contributed by atoms with Crippen LogP contribution in [0.1, 0.15) is 28.9 Å². The molecule has 9 heteroatoms. The number of amides is 1. The van der Waals surface area contributed by atoms with E-state index in [0.29, 0.717) is 5.39 Å². The number of nitrogens with zero attached hydrogens (tertiary/aromatic N) is 3. The van der Waals surface area contributed by atoms with E-state index in [1.807, 2.05) is 35.0 Å². The van der Waals surface area contributed by atoms with Gasteiger partial charge in [-0.2, -0.15) is 0 Å². The number of rotatable bonds is 5. The Kier molecular flexibility index (Phi) is 4.85. The summed E-state index contributed by atoms with van der Waals surface area (Å²) in [5.74, 6) is -0.622. The zero-order chi connectivity index (χ0) is 21.3. The van der Waals surface area contributed by atoms with Crippen molar-refractivity contribution in [3.8, 4) is 5.69 Å². The normalized spacial score (nSPS) is 11.9. The summed E-state index contributed by atoms with van der Waals surface area (Å²) in [4.78, 5) is 39.3. The minimum Gasteiger partial charge on any atom is -0.422 e. The van der Waals surface area contributed by atoms with Crippen molar-refractivity contribution < 1.29 is 14.1 Å². The molecule has 4 rings (SSSR count). The molecule has 1 N–H and O–H groups in total. The first kappa shape index (κ1) is 19.1. The lowest BCUT2D eigenvalue weighted by Gasteiger charge is -2.15. The van der Waals surface area contributed by atoms with Crippen LogP contribution in [0, 0.1) is 10.1 Å². The van der Waals surface area contributed by atoms with Gasteiger partial charge in [-0.15, -0.1) is 0 Å². The van der Waals surface area contributed by atoms with Gasteiger partial charge in [0.1, 0.15) is 11.1 Å². The highest BCUT2D eigenvalue weighted by molar-refractivity contribution is 5.97. The maximum atomic E-state index is 12.6. The Labute approximate surface area is 169 Å². The van der Waals surface area contributed by atoms with Gasteiger partial charge in [0.05, 0.1) is 17.3 Å². The number of hydrogen-bond donors (Lipinski definition) is 1. The lowest BCUT2D eigenvalue weighted by Crippen LogP contribution is -2.30. The van der Waals surface area contributed by atoms with Crippen LogP contribution in [-0.2, 0) is 0 Å². The lowest BCUT2D eigenvalue weighted by atomic mass is 10.1. The van der Waals surface area contributed by atoms with Crippen LogP contribution in [0.25, 0.3) is 16.7 Å². The first-order chi connectivity index (χ1) is 14.4. The molecule has 0 aliphatic rings. The molecular formula is C21H16N4O5. The minimum atomic E-state index is -0.809. The SMILES string of the molecule is C[C@@H](NC(=O)c1cc2cc([N+](=O)[O-])ccc2oc1=O)c1ccc(-n2ccnc2)cc1. The Bertz CT molecular complexity index is 1290. The number of nitro groups is 1. The summed E-state index contributed by atoms with van der Waals surface area (Å²) in [6.07, 6.45) is 5.19. The number of benzene rings is 2. The molecule has 2 heterocycles. The monoisotopic (exact) mass is 404 g/mol. The highest BCUT2D eigenvalue weighted by atomic mass is 16.6. The van der Waals surface area contributed by atoms with Crippen molar-refractivity contribution in [3.63, 3.8) is 0 Å². The summed E-state index contributed by atoms with van der Waals surface area (Å²) in [7, 11) is 0. The molecule has 0 unspecified atom stereocenters. The first-order valence-corrected chi connectivity index (χ1v) is 9.04. The molecule has 2 aromatic heterocycles. The van der Waals surface area contributed by atoms with Crippen molar-refractivity contribution in [1.82, 2.24) is 14.9 Å². The van der Waals surface area contributed by atoms with E-state index in [1.165, 1.54) is 24.3 Å². The second-order valence-corrected chi connectivity index (χ2v) is 6.68. The maximum absolute atomic E-state index is 12.6. The van der Waals surface area contributed by atoms with Crippen molar-refractivity contribution in [3.05, 3.63) is 98.9 Å². The summed E-state index contributed by atoms with van der Waals surface area (Å²) < 4.78 is 7.00. The number of non-ortho nitro benzene ring substituents is 1. The largest absolute Gasteiger partial charge is 0.422 e. The number of aromatic nitrogens is 2. The van der Waals surface area contributed by atoms with Gasteiger partial charge in [-0.1, -0.05) is 12.1 Å². The number of fused-ring (bicyclic) bond motifs is 1. The zero-order valence-electron chi connectivity index (χ0n) is 15.8. The number of imidazole rings is 1. The third kappa shape index (κ3) is 3.68. The average molecular weight is 404 g/mol. The molecular weight excluding hydrogens is 388 g/mol. The Balaban J connectivity index is 1.56. The maximum Gasteiger partial charge on any atom is 0.349 e. The summed E-state index contributed by atoms with van der Waals surface area (Å²) >= 11 is 0. The Morgan fingerprint density at radius 3 is 2.63 bits per heavy atom. The van der Waals surface area contributed by atoms with Crippen molar-refractivity contribution in [2.75, 3.05) is 0 Å². The van der Waals surface area contributed by atoms with Crippen LogP contribution in [0.3, 0.4) is 0 Å². The van der Waals surface area contributed by atoms with Gasteiger partial charge in [-0.05, 0) is 36.8 Å². The first-order valence-electron chi connectivity index (χ1n) is 9.04. The number of nitro benzene ring substituents is 1. The number of hydrogen-bond acceptors (Lipinski definition) is 6. The van der Waals surface area contributed by atoms with Crippen molar-refractivity contribution in [1.29, 1.82) is 0 Å². The van der Waals surface area contributed by atoms with Crippen LogP contribution in [0.2, 0.25) is 0 Å². The van der Waals surface area contributed by atoms with Crippen molar-refractivity contribution in [2.24, 2.45) is 0 Å². The number of carbonyl (C=O) groups excluding carboxylic acids is 1. The summed E-state index contributed by atoms with van der Waals surface area (Å²) in [5, 5.41) is 14.0. The molecule has 0 fully saturated rings. The molecule has 0 aliphatic carbocycles. The summed E-state index contributed by atoms with van der Waals surface area (Å²) in [5.41, 5.74) is 0.750. The van der Waals surface area contributed by atoms with Gasteiger partial charge in [0, 0.05) is 35.6 Å². The molecule has 1 atom stereocenters. The molecule has 0 radical (unpaired) electrons. The standard InChI is InChI=1S/C21H16N4O5/c1-13(14-2-4-16(5-3-14)24-9-8-22-12-24)23-20(26)18-11-15-10-17(25(28)29)6-7-19(15)30-21(18)27/h2-13H,1H3,(H,23,26)/t13-/m1/s1. The van der Waals surface area contributed by atoms with E-state index in [-0.39, 0.29) is 22.9 Å². The molecule has 0 spiro atoms. The van der Waals surface area contributed by atoms with Gasteiger partial charge in [0.2, 0.25) is 0 Å². The molecule has 0 aliphatic heterocycles. The second-order valence-electron chi connectivity index (χ2n) is 6.68. The molecule has 0 saturated carbocycles. The number of nitrogens with one attached hydrogen (secondary N) is 1. The minimum absolute atomic E-state index is 0.158. The van der Waals surface area contributed by atoms with Crippen LogP contribution in [0.5, 0.6) is 0 Å². The number of carbonyl (C=O) groups is 1. The predicted molar refractivity (Wildman–Crippen MR) is 109 cm³/mol. The molecule has 0 bridgehead atoms. The Morgan fingerprint density at radius 2 is 1.97 bits per heavy atom. The van der Waals surface area contributed by atoms with Crippen LogP contribution in [-0.4, -0.2) is 20.4 Å². The fraction of sp³-hybridized carbons (Fsp3) is 0.0952. The molecule has 2 aromatic carbocycles. The van der Waals surface area contributed by atoms with Crippen LogP contribution >= 0.6 is 0 Å². The van der Waals surface area contributed by atoms with E-state index >= 15 is 0 Å². The molecule has 0 saturated heterocycles. The quantitative estimate of drug-likeness (QED) is 0.309. The highest BCUT2D eigenvalue weighted by Crippen LogP contribution is 2.21. The fourth-order valence-corrected chi connectivity index (χ4v) is 3.09. The predicted octanol–water partition coefficient (Wildman–Crippen LogP) is 3.38. The van der Waals surface area contributed by atoms with Gasteiger partial charge in [-0.3, -0.25) is 14.9 Å². The van der Waals surface area contributed by atoms with Gasteiger partial charge in [0.15, 0.2) is 0 Å². The summed E-state index contributed by atoms with van der Waals surface area (Å²) in [6, 6.07) is 12.3. The van der Waals surface area contributed by atoms with Crippen LogP contribution < -0.4 is 10.9 Å². The lowest BCUT2D eigenvalue weighted by molar-refractivity contribution is -0.384. The smallest absolute Gasteiger partial charge is 0.349 e. The van der Waals surface area contributed by atoms with Gasteiger partial charge >= 0.3 is 5.63 Å². The van der Waals surface area contributed by atoms with E-state index in [0.717, 1.165) is 11.3 Å². The highest BCUT2D eigenvalue weighted by Gasteiger charge is 2.18. The molecule has 30 heavy (non-hydrogen) atoms. The Morgan fingerprint density at radius 1 is 1.20 bits per heavy atom. The topological polar surface area (TPSA) is 120 Å². The van der Waals surface area contributed by atoms with E-state index in [2.05, 4.69) is 10.3 Å². The third-order valence-corrected chi connectivity index (χ3v) is 4.71. The zero-order valence-corrected chi connectivity index (χ0v) is 15.8. The van der Waals surface area contributed by atoms with Crippen molar-refractivity contribution in [2.45, 2.75) is 13.0 Å². The molecule has 9 nitrogen and oxygen atoms in total. The third-order valence-electron chi connectivity index (χ3n) is 4.71. The van der Waals surface area contributed by atoms with E-state index in [4.69, 9.17) is 4.42 Å². The van der Waals surface area contributed by atoms with E-state index in [9.17, 15) is 19.7 Å². The van der Waals surface area contributed by atoms with Gasteiger partial charge in [-0.25, -0.2) is 9.78 Å². The summed E-state index contributed by atoms with van der Waals surface area (Å²) in [6.45, 7) is 1.79. The second kappa shape index (κ2) is 7.63. The Hall–Kier alpha value is -4.27.